The summed E-state index contributed by atoms with van der Waals surface area (Å²) < 4.78 is 32.3. The summed E-state index contributed by atoms with van der Waals surface area (Å²) in [6.07, 6.45) is 2.59. The molecule has 3 heterocycles. The van der Waals surface area contributed by atoms with Crippen molar-refractivity contribution < 1.29 is 22.7 Å². The van der Waals surface area contributed by atoms with Crippen molar-refractivity contribution in [2.24, 2.45) is 11.8 Å². The summed E-state index contributed by atoms with van der Waals surface area (Å²) in [5.41, 5.74) is 0. The number of piperidine rings is 2. The largest absolute Gasteiger partial charge is 0.466 e. The van der Waals surface area contributed by atoms with Gasteiger partial charge in [0.25, 0.3) is 10.0 Å². The van der Waals surface area contributed by atoms with Crippen molar-refractivity contribution in [3.05, 3.63) is 17.5 Å². The van der Waals surface area contributed by atoms with Crippen LogP contribution in [0.4, 0.5) is 0 Å². The molecular weight excluding hydrogens is 388 g/mol. The molecule has 0 spiro atoms. The number of thiophene rings is 1. The van der Waals surface area contributed by atoms with Crippen LogP contribution >= 0.6 is 11.3 Å². The van der Waals surface area contributed by atoms with Crippen LogP contribution in [-0.2, 0) is 24.3 Å². The molecule has 1 atom stereocenters. The van der Waals surface area contributed by atoms with Gasteiger partial charge in [-0.15, -0.1) is 11.3 Å². The molecule has 2 aliphatic heterocycles. The lowest BCUT2D eigenvalue weighted by Crippen LogP contribution is -2.49. The number of rotatable bonds is 5. The van der Waals surface area contributed by atoms with E-state index in [1.165, 1.54) is 15.6 Å². The van der Waals surface area contributed by atoms with Crippen LogP contribution in [0, 0.1) is 11.8 Å². The number of likely N-dealkylation sites (tertiary alicyclic amines) is 1. The monoisotopic (exact) mass is 414 g/mol. The molecule has 150 valence electrons. The minimum absolute atomic E-state index is 0.00314. The van der Waals surface area contributed by atoms with Crippen LogP contribution in [0.3, 0.4) is 0 Å². The summed E-state index contributed by atoms with van der Waals surface area (Å²) in [6.45, 7) is 3.89. The Labute approximate surface area is 164 Å². The van der Waals surface area contributed by atoms with Crippen LogP contribution in [0.1, 0.15) is 32.6 Å². The van der Waals surface area contributed by atoms with Crippen molar-refractivity contribution in [1.82, 2.24) is 9.21 Å². The molecule has 1 aromatic heterocycles. The molecule has 2 fully saturated rings. The zero-order valence-electron chi connectivity index (χ0n) is 15.5. The number of carbonyl (C=O) groups excluding carboxylic acids is 2. The van der Waals surface area contributed by atoms with Crippen LogP contribution < -0.4 is 0 Å². The van der Waals surface area contributed by atoms with Crippen LogP contribution in [-0.4, -0.2) is 62.3 Å². The molecule has 0 N–H and O–H groups in total. The van der Waals surface area contributed by atoms with Gasteiger partial charge in [0.05, 0.1) is 18.4 Å². The Balaban J connectivity index is 1.59. The summed E-state index contributed by atoms with van der Waals surface area (Å²) in [4.78, 5) is 26.5. The van der Waals surface area contributed by atoms with E-state index in [0.29, 0.717) is 56.1 Å². The molecule has 1 amide bonds. The van der Waals surface area contributed by atoms with E-state index in [2.05, 4.69) is 0 Å². The van der Waals surface area contributed by atoms with E-state index in [9.17, 15) is 18.0 Å². The Bertz CT molecular complexity index is 755. The molecule has 0 bridgehead atoms. The van der Waals surface area contributed by atoms with Gasteiger partial charge in [0.1, 0.15) is 4.21 Å². The molecule has 0 saturated carbocycles. The summed E-state index contributed by atoms with van der Waals surface area (Å²) in [6, 6.07) is 3.32. The molecule has 0 unspecified atom stereocenters. The van der Waals surface area contributed by atoms with Crippen molar-refractivity contribution >= 4 is 33.2 Å². The van der Waals surface area contributed by atoms with Crippen molar-refractivity contribution in [2.75, 3.05) is 32.8 Å². The van der Waals surface area contributed by atoms with E-state index in [0.717, 1.165) is 0 Å². The highest BCUT2D eigenvalue weighted by atomic mass is 32.2. The zero-order chi connectivity index (χ0) is 19.4. The van der Waals surface area contributed by atoms with Gasteiger partial charge in [-0.3, -0.25) is 9.59 Å². The van der Waals surface area contributed by atoms with E-state index in [4.69, 9.17) is 4.74 Å². The lowest BCUT2D eigenvalue weighted by Gasteiger charge is -2.36. The van der Waals surface area contributed by atoms with Crippen molar-refractivity contribution in [3.8, 4) is 0 Å². The molecule has 0 aromatic carbocycles. The number of hydrogen-bond acceptors (Lipinski definition) is 6. The maximum Gasteiger partial charge on any atom is 0.309 e. The van der Waals surface area contributed by atoms with Crippen molar-refractivity contribution in [3.63, 3.8) is 0 Å². The highest BCUT2D eigenvalue weighted by molar-refractivity contribution is 7.91. The Morgan fingerprint density at radius 3 is 2.56 bits per heavy atom. The van der Waals surface area contributed by atoms with Gasteiger partial charge in [-0.2, -0.15) is 4.31 Å². The van der Waals surface area contributed by atoms with E-state index in [1.807, 2.05) is 0 Å². The minimum Gasteiger partial charge on any atom is -0.466 e. The van der Waals surface area contributed by atoms with Crippen molar-refractivity contribution in [2.45, 2.75) is 36.8 Å². The lowest BCUT2D eigenvalue weighted by molar-refractivity contribution is -0.152. The fourth-order valence-electron chi connectivity index (χ4n) is 3.75. The van der Waals surface area contributed by atoms with Crippen LogP contribution in [0.2, 0.25) is 0 Å². The topological polar surface area (TPSA) is 84.0 Å². The van der Waals surface area contributed by atoms with Gasteiger partial charge >= 0.3 is 5.97 Å². The SMILES string of the molecule is CCOC(=O)C1CCN(C(=O)[C@H]2CCCN(S(=O)(=O)c3cccs3)C2)CC1. The third-order valence-corrected chi connectivity index (χ3v) is 8.49. The minimum atomic E-state index is -3.52. The van der Waals surface area contributed by atoms with E-state index >= 15 is 0 Å². The maximum absolute atomic E-state index is 12.9. The second-order valence-electron chi connectivity index (χ2n) is 6.99. The summed E-state index contributed by atoms with van der Waals surface area (Å²) in [5.74, 6) is -0.637. The maximum atomic E-state index is 12.9. The average molecular weight is 415 g/mol. The molecule has 1 aromatic rings. The molecule has 3 rings (SSSR count). The third kappa shape index (κ3) is 4.52. The average Bonchev–Trinajstić information content (AvgIpc) is 3.23. The fourth-order valence-corrected chi connectivity index (χ4v) is 6.42. The number of amides is 1. The normalized spacial score (nSPS) is 22.6. The lowest BCUT2D eigenvalue weighted by atomic mass is 9.93. The first-order valence-corrected chi connectivity index (χ1v) is 11.7. The van der Waals surface area contributed by atoms with Gasteiger partial charge in [-0.25, -0.2) is 8.42 Å². The molecule has 2 aliphatic rings. The number of hydrogen-bond donors (Lipinski definition) is 0. The van der Waals surface area contributed by atoms with E-state index < -0.39 is 10.0 Å². The molecular formula is C18H26N2O5S2. The summed E-state index contributed by atoms with van der Waals surface area (Å²) in [7, 11) is -3.52. The standard InChI is InChI=1S/C18H26N2O5S2/c1-2-25-18(22)14-7-10-19(11-8-14)17(21)15-5-3-9-20(13-15)27(23,24)16-6-4-12-26-16/h4,6,12,14-15H,2-3,5,7-11,13H2,1H3/t15-/m0/s1. The number of carbonyl (C=O) groups is 2. The van der Waals surface area contributed by atoms with Gasteiger partial charge in [0.15, 0.2) is 0 Å². The smallest absolute Gasteiger partial charge is 0.309 e. The summed E-state index contributed by atoms with van der Waals surface area (Å²) in [5, 5.41) is 1.74. The van der Waals surface area contributed by atoms with Crippen LogP contribution in [0.15, 0.2) is 21.7 Å². The fraction of sp³-hybridized carbons (Fsp3) is 0.667. The quantitative estimate of drug-likeness (QED) is 0.688. The van der Waals surface area contributed by atoms with E-state index in [-0.39, 0.29) is 30.3 Å². The Morgan fingerprint density at radius 2 is 1.93 bits per heavy atom. The molecule has 2 saturated heterocycles. The molecule has 7 nitrogen and oxygen atoms in total. The number of sulfonamides is 1. The van der Waals surface area contributed by atoms with Gasteiger partial charge in [-0.05, 0) is 44.1 Å². The second-order valence-corrected chi connectivity index (χ2v) is 10.1. The number of nitrogens with zero attached hydrogens (tertiary/aromatic N) is 2. The predicted molar refractivity (Wildman–Crippen MR) is 102 cm³/mol. The number of ether oxygens (including phenoxy) is 1. The second kappa shape index (κ2) is 8.70. The first-order chi connectivity index (χ1) is 12.9. The van der Waals surface area contributed by atoms with Gasteiger partial charge in [0.2, 0.25) is 5.91 Å². The Kier molecular flexibility index (Phi) is 6.54. The first kappa shape index (κ1) is 20.3. The first-order valence-electron chi connectivity index (χ1n) is 9.42. The molecule has 0 radical (unpaired) electrons. The number of esters is 1. The van der Waals surface area contributed by atoms with Gasteiger partial charge < -0.3 is 9.64 Å². The van der Waals surface area contributed by atoms with Gasteiger partial charge in [-0.1, -0.05) is 6.07 Å². The molecule has 27 heavy (non-hydrogen) atoms. The van der Waals surface area contributed by atoms with Crippen LogP contribution in [0.25, 0.3) is 0 Å². The third-order valence-electron chi connectivity index (χ3n) is 5.25. The zero-order valence-corrected chi connectivity index (χ0v) is 17.1. The highest BCUT2D eigenvalue weighted by Gasteiger charge is 2.37. The highest BCUT2D eigenvalue weighted by Crippen LogP contribution is 2.28. The molecule has 0 aliphatic carbocycles. The van der Waals surface area contributed by atoms with Gasteiger partial charge in [0, 0.05) is 26.2 Å². The summed E-state index contributed by atoms with van der Waals surface area (Å²) >= 11 is 1.20. The van der Waals surface area contributed by atoms with Crippen molar-refractivity contribution in [1.29, 1.82) is 0 Å². The Morgan fingerprint density at radius 1 is 1.19 bits per heavy atom. The Hall–Kier alpha value is -1.45. The predicted octanol–water partition coefficient (Wildman–Crippen LogP) is 1.95. The molecule has 9 heteroatoms. The van der Waals surface area contributed by atoms with E-state index in [1.54, 1.807) is 29.3 Å². The van der Waals surface area contributed by atoms with Crippen LogP contribution in [0.5, 0.6) is 0 Å².